The van der Waals surface area contributed by atoms with Crippen molar-refractivity contribution in [2.75, 3.05) is 31.1 Å². The molecule has 1 unspecified atom stereocenters. The minimum atomic E-state index is -0.357. The molecule has 0 aliphatic carbocycles. The molecule has 1 atom stereocenters. The van der Waals surface area contributed by atoms with Crippen molar-refractivity contribution in [1.29, 1.82) is 5.26 Å². The van der Waals surface area contributed by atoms with Gasteiger partial charge < -0.3 is 4.90 Å². The molecule has 0 amide bonds. The van der Waals surface area contributed by atoms with Crippen molar-refractivity contribution in [2.45, 2.75) is 13.0 Å². The molecule has 20 heavy (non-hydrogen) atoms. The van der Waals surface area contributed by atoms with Crippen molar-refractivity contribution < 1.29 is 4.92 Å². The van der Waals surface area contributed by atoms with Crippen LogP contribution in [0.4, 0.5) is 11.4 Å². The normalized spacial score (nSPS) is 17.6. The van der Waals surface area contributed by atoms with Gasteiger partial charge in [-0.25, -0.2) is 0 Å². The zero-order valence-corrected chi connectivity index (χ0v) is 12.7. The lowest BCUT2D eigenvalue weighted by molar-refractivity contribution is -0.384. The van der Waals surface area contributed by atoms with Crippen LogP contribution in [-0.4, -0.2) is 42.0 Å². The Morgan fingerprint density at radius 2 is 2.05 bits per heavy atom. The van der Waals surface area contributed by atoms with E-state index in [0.717, 1.165) is 13.1 Å². The Hall–Kier alpha value is -1.65. The molecule has 6 nitrogen and oxygen atoms in total. The summed E-state index contributed by atoms with van der Waals surface area (Å²) in [5.74, 6) is 0. The largest absolute Gasteiger partial charge is 0.363 e. The highest BCUT2D eigenvalue weighted by Crippen LogP contribution is 2.31. The van der Waals surface area contributed by atoms with E-state index < -0.39 is 0 Å². The monoisotopic (exact) mass is 338 g/mol. The Morgan fingerprint density at radius 3 is 2.60 bits per heavy atom. The van der Waals surface area contributed by atoms with E-state index in [1.807, 2.05) is 17.9 Å². The van der Waals surface area contributed by atoms with E-state index in [2.05, 4.69) is 26.9 Å². The number of rotatable bonds is 3. The minimum Gasteiger partial charge on any atom is -0.363 e. The summed E-state index contributed by atoms with van der Waals surface area (Å²) in [5, 5.41) is 20.1. The van der Waals surface area contributed by atoms with Gasteiger partial charge in [0.2, 0.25) is 0 Å². The van der Waals surface area contributed by atoms with Gasteiger partial charge in [0.05, 0.1) is 17.0 Å². The van der Waals surface area contributed by atoms with Crippen molar-refractivity contribution in [3.05, 3.63) is 32.8 Å². The molecule has 1 saturated heterocycles. The summed E-state index contributed by atoms with van der Waals surface area (Å²) >= 11 is 3.26. The maximum Gasteiger partial charge on any atom is 0.293 e. The number of hydrogen-bond acceptors (Lipinski definition) is 5. The molecule has 0 spiro atoms. The zero-order valence-electron chi connectivity index (χ0n) is 11.1. The highest BCUT2D eigenvalue weighted by atomic mass is 79.9. The summed E-state index contributed by atoms with van der Waals surface area (Å²) in [7, 11) is 0. The molecule has 0 aromatic heterocycles. The summed E-state index contributed by atoms with van der Waals surface area (Å²) in [6.45, 7) is 4.73. The van der Waals surface area contributed by atoms with Gasteiger partial charge in [0, 0.05) is 36.7 Å². The molecule has 1 aromatic carbocycles. The lowest BCUT2D eigenvalue weighted by Crippen LogP contribution is -2.49. The van der Waals surface area contributed by atoms with Crippen LogP contribution < -0.4 is 4.90 Å². The van der Waals surface area contributed by atoms with E-state index in [0.29, 0.717) is 23.2 Å². The number of nitrogens with zero attached hydrogens (tertiary/aromatic N) is 4. The molecular weight excluding hydrogens is 324 g/mol. The van der Waals surface area contributed by atoms with Gasteiger partial charge in [-0.1, -0.05) is 15.9 Å². The van der Waals surface area contributed by atoms with Gasteiger partial charge in [-0.2, -0.15) is 5.26 Å². The van der Waals surface area contributed by atoms with E-state index in [1.165, 1.54) is 6.07 Å². The maximum atomic E-state index is 11.1. The van der Waals surface area contributed by atoms with Crippen LogP contribution in [-0.2, 0) is 0 Å². The fourth-order valence-corrected chi connectivity index (χ4v) is 2.69. The van der Waals surface area contributed by atoms with E-state index in [1.54, 1.807) is 6.07 Å². The van der Waals surface area contributed by atoms with Gasteiger partial charge in [0.1, 0.15) is 5.69 Å². The molecule has 106 valence electrons. The molecule has 0 saturated carbocycles. The standard InChI is InChI=1S/C13H15BrN4O2/c1-10(9-15)16-4-6-17(7-5-16)12-3-2-11(14)8-13(12)18(19)20/h2-3,8,10H,4-7H2,1H3. The van der Waals surface area contributed by atoms with Crippen LogP contribution >= 0.6 is 15.9 Å². The van der Waals surface area contributed by atoms with Crippen molar-refractivity contribution >= 4 is 27.3 Å². The number of nitro benzene ring substituents is 1. The van der Waals surface area contributed by atoms with Gasteiger partial charge in [-0.05, 0) is 19.1 Å². The number of halogens is 1. The summed E-state index contributed by atoms with van der Waals surface area (Å²) in [6, 6.07) is 7.21. The SMILES string of the molecule is CC(C#N)N1CCN(c2ccc(Br)cc2[N+](=O)[O-])CC1. The third-order valence-electron chi connectivity index (χ3n) is 3.52. The number of piperazine rings is 1. The molecule has 1 heterocycles. The van der Waals surface area contributed by atoms with Crippen molar-refractivity contribution in [2.24, 2.45) is 0 Å². The number of anilines is 1. The van der Waals surface area contributed by atoms with Crippen molar-refractivity contribution in [3.63, 3.8) is 0 Å². The third-order valence-corrected chi connectivity index (χ3v) is 4.02. The van der Waals surface area contributed by atoms with Gasteiger partial charge in [0.15, 0.2) is 0 Å². The quantitative estimate of drug-likeness (QED) is 0.624. The average Bonchev–Trinajstić information content (AvgIpc) is 2.46. The number of hydrogen-bond donors (Lipinski definition) is 0. The molecule has 2 rings (SSSR count). The Kier molecular flexibility index (Phi) is 4.57. The molecule has 0 N–H and O–H groups in total. The Balaban J connectivity index is 2.15. The van der Waals surface area contributed by atoms with Crippen LogP contribution in [0.25, 0.3) is 0 Å². The number of nitro groups is 1. The highest BCUT2D eigenvalue weighted by Gasteiger charge is 2.25. The smallest absolute Gasteiger partial charge is 0.293 e. The number of benzene rings is 1. The van der Waals surface area contributed by atoms with Crippen molar-refractivity contribution in [3.8, 4) is 6.07 Å². The molecule has 7 heteroatoms. The lowest BCUT2D eigenvalue weighted by Gasteiger charge is -2.36. The fourth-order valence-electron chi connectivity index (χ4n) is 2.34. The van der Waals surface area contributed by atoms with Gasteiger partial charge >= 0.3 is 0 Å². The summed E-state index contributed by atoms with van der Waals surface area (Å²) in [4.78, 5) is 14.9. The Morgan fingerprint density at radius 1 is 1.40 bits per heavy atom. The summed E-state index contributed by atoms with van der Waals surface area (Å²) in [5.41, 5.74) is 0.753. The predicted octanol–water partition coefficient (Wildman–Crippen LogP) is 2.39. The topological polar surface area (TPSA) is 73.4 Å². The Labute approximate surface area is 125 Å². The van der Waals surface area contributed by atoms with Crippen LogP contribution in [0.15, 0.2) is 22.7 Å². The average molecular weight is 339 g/mol. The molecular formula is C13H15BrN4O2. The summed E-state index contributed by atoms with van der Waals surface area (Å²) < 4.78 is 0.699. The van der Waals surface area contributed by atoms with Gasteiger partial charge in [-0.3, -0.25) is 15.0 Å². The van der Waals surface area contributed by atoms with Gasteiger partial charge in [0.25, 0.3) is 5.69 Å². The van der Waals surface area contributed by atoms with E-state index in [-0.39, 0.29) is 16.7 Å². The molecule has 1 aliphatic heterocycles. The Bertz CT molecular complexity index is 550. The second kappa shape index (κ2) is 6.20. The van der Waals surface area contributed by atoms with Crippen LogP contribution in [0, 0.1) is 21.4 Å². The second-order valence-electron chi connectivity index (χ2n) is 4.72. The lowest BCUT2D eigenvalue weighted by atomic mass is 10.2. The van der Waals surface area contributed by atoms with Crippen LogP contribution in [0.2, 0.25) is 0 Å². The van der Waals surface area contributed by atoms with Crippen LogP contribution in [0.3, 0.4) is 0 Å². The van der Waals surface area contributed by atoms with E-state index >= 15 is 0 Å². The predicted molar refractivity (Wildman–Crippen MR) is 79.7 cm³/mol. The van der Waals surface area contributed by atoms with Crippen molar-refractivity contribution in [1.82, 2.24) is 4.90 Å². The third kappa shape index (κ3) is 3.08. The first-order valence-electron chi connectivity index (χ1n) is 6.35. The molecule has 0 bridgehead atoms. The molecule has 1 fully saturated rings. The molecule has 1 aliphatic rings. The van der Waals surface area contributed by atoms with E-state index in [9.17, 15) is 10.1 Å². The number of nitriles is 1. The zero-order chi connectivity index (χ0) is 14.7. The molecule has 0 radical (unpaired) electrons. The van der Waals surface area contributed by atoms with E-state index in [4.69, 9.17) is 5.26 Å². The minimum absolute atomic E-state index is 0.112. The first kappa shape index (κ1) is 14.8. The maximum absolute atomic E-state index is 11.1. The molecule has 1 aromatic rings. The fraction of sp³-hybridized carbons (Fsp3) is 0.462. The van der Waals surface area contributed by atoms with Crippen LogP contribution in [0.5, 0.6) is 0 Å². The van der Waals surface area contributed by atoms with Crippen LogP contribution in [0.1, 0.15) is 6.92 Å². The second-order valence-corrected chi connectivity index (χ2v) is 5.63. The van der Waals surface area contributed by atoms with Gasteiger partial charge in [-0.15, -0.1) is 0 Å². The first-order valence-corrected chi connectivity index (χ1v) is 7.15. The summed E-state index contributed by atoms with van der Waals surface area (Å²) in [6.07, 6.45) is 0. The first-order chi connectivity index (χ1) is 9.52. The highest BCUT2D eigenvalue weighted by molar-refractivity contribution is 9.10.